The van der Waals surface area contributed by atoms with Crippen molar-refractivity contribution in [1.82, 2.24) is 10.3 Å². The maximum absolute atomic E-state index is 12.7. The van der Waals surface area contributed by atoms with Crippen molar-refractivity contribution in [2.45, 2.75) is 37.8 Å². The van der Waals surface area contributed by atoms with E-state index < -0.39 is 6.04 Å². The molecule has 1 aromatic heterocycles. The molecule has 0 radical (unpaired) electrons. The molecule has 4 N–H and O–H groups in total. The van der Waals surface area contributed by atoms with Gasteiger partial charge in [-0.3, -0.25) is 14.6 Å². The summed E-state index contributed by atoms with van der Waals surface area (Å²) >= 11 is 0. The average Bonchev–Trinajstić information content (AvgIpc) is 3.17. The first-order valence-corrected chi connectivity index (χ1v) is 10.1. The molecule has 0 spiro atoms. The Morgan fingerprint density at radius 3 is 2.50 bits per heavy atom. The van der Waals surface area contributed by atoms with Gasteiger partial charge in [0.1, 0.15) is 12.4 Å². The molecule has 8 heteroatoms. The summed E-state index contributed by atoms with van der Waals surface area (Å²) in [6.45, 7) is 0.430. The number of para-hydroxylation sites is 1. The minimum atomic E-state index is -0.577. The van der Waals surface area contributed by atoms with Crippen molar-refractivity contribution in [2.75, 3.05) is 11.9 Å². The monoisotopic (exact) mass is 430 g/mol. The van der Waals surface area contributed by atoms with E-state index in [1.165, 1.54) is 0 Å². The van der Waals surface area contributed by atoms with E-state index in [9.17, 15) is 9.59 Å². The normalized spacial score (nSPS) is 23.3. The number of amides is 2. The molecule has 2 heterocycles. The summed E-state index contributed by atoms with van der Waals surface area (Å²) < 4.78 is 5.62. The number of hydrogen-bond donors (Lipinski definition) is 3. The van der Waals surface area contributed by atoms with Crippen LogP contribution in [0.4, 0.5) is 5.69 Å². The van der Waals surface area contributed by atoms with E-state index in [0.717, 1.165) is 42.7 Å². The van der Waals surface area contributed by atoms with Gasteiger partial charge in [0, 0.05) is 29.6 Å². The fourth-order valence-corrected chi connectivity index (χ4v) is 4.18. The fourth-order valence-electron chi connectivity index (χ4n) is 4.18. The van der Waals surface area contributed by atoms with Crippen molar-refractivity contribution in [3.8, 4) is 5.75 Å². The van der Waals surface area contributed by atoms with E-state index in [-0.39, 0.29) is 42.1 Å². The number of nitrogens with zero attached hydrogens (tertiary/aromatic N) is 1. The first-order chi connectivity index (χ1) is 14.1. The third kappa shape index (κ3) is 4.91. The van der Waals surface area contributed by atoms with Gasteiger partial charge in [-0.05, 0) is 49.8 Å². The number of nitrogens with one attached hydrogen (secondary N) is 2. The first-order valence-electron chi connectivity index (χ1n) is 10.1. The summed E-state index contributed by atoms with van der Waals surface area (Å²) in [6, 6.07) is 10.5. The minimum Gasteiger partial charge on any atom is -0.491 e. The van der Waals surface area contributed by atoms with Crippen LogP contribution in [0, 0.1) is 11.8 Å². The minimum absolute atomic E-state index is 0. The molecule has 1 fully saturated rings. The molecule has 160 valence electrons. The zero-order chi connectivity index (χ0) is 20.2. The van der Waals surface area contributed by atoms with Gasteiger partial charge < -0.3 is 21.1 Å². The molecular formula is C22H27ClN4O3. The van der Waals surface area contributed by atoms with Crippen molar-refractivity contribution >= 4 is 29.9 Å². The number of carbonyl (C=O) groups is 2. The summed E-state index contributed by atoms with van der Waals surface area (Å²) in [5.74, 6) is 0.710. The van der Waals surface area contributed by atoms with Gasteiger partial charge in [0.15, 0.2) is 0 Å². The molecule has 30 heavy (non-hydrogen) atoms. The molecule has 1 aliphatic carbocycles. The van der Waals surface area contributed by atoms with Crippen molar-refractivity contribution < 1.29 is 14.3 Å². The number of halogens is 1. The Bertz CT molecular complexity index is 872. The highest BCUT2D eigenvalue weighted by Gasteiger charge is 2.34. The lowest BCUT2D eigenvalue weighted by atomic mass is 9.78. The van der Waals surface area contributed by atoms with Crippen LogP contribution in [0.5, 0.6) is 5.75 Å². The number of anilines is 1. The van der Waals surface area contributed by atoms with E-state index >= 15 is 0 Å². The number of nitrogens with two attached hydrogens (primary N) is 1. The molecule has 1 aromatic carbocycles. The van der Waals surface area contributed by atoms with Gasteiger partial charge in [-0.15, -0.1) is 12.4 Å². The van der Waals surface area contributed by atoms with Gasteiger partial charge in [-0.1, -0.05) is 18.2 Å². The molecule has 2 aromatic rings. The Morgan fingerprint density at radius 1 is 1.07 bits per heavy atom. The van der Waals surface area contributed by atoms with Gasteiger partial charge in [-0.25, -0.2) is 0 Å². The van der Waals surface area contributed by atoms with Gasteiger partial charge in [0.2, 0.25) is 11.8 Å². The van der Waals surface area contributed by atoms with Crippen molar-refractivity contribution in [3.05, 3.63) is 54.4 Å². The van der Waals surface area contributed by atoms with Crippen LogP contribution >= 0.6 is 12.4 Å². The molecule has 2 amide bonds. The highest BCUT2D eigenvalue weighted by Crippen LogP contribution is 2.33. The summed E-state index contributed by atoms with van der Waals surface area (Å²) in [5, 5.41) is 5.96. The summed E-state index contributed by atoms with van der Waals surface area (Å²) in [4.78, 5) is 29.1. The lowest BCUT2D eigenvalue weighted by Gasteiger charge is -2.31. The Balaban J connectivity index is 0.00000256. The predicted molar refractivity (Wildman–Crippen MR) is 116 cm³/mol. The number of benzene rings is 1. The number of rotatable bonds is 5. The highest BCUT2D eigenvalue weighted by molar-refractivity contribution is 5.92. The Hall–Kier alpha value is -2.64. The number of ether oxygens (including phenoxy) is 1. The Morgan fingerprint density at radius 2 is 1.77 bits per heavy atom. The summed E-state index contributed by atoms with van der Waals surface area (Å²) in [6.07, 6.45) is 6.30. The van der Waals surface area contributed by atoms with E-state index in [1.807, 2.05) is 24.3 Å². The molecule has 2 unspecified atom stereocenters. The lowest BCUT2D eigenvalue weighted by Crippen LogP contribution is -2.48. The zero-order valence-electron chi connectivity index (χ0n) is 16.6. The zero-order valence-corrected chi connectivity index (χ0v) is 17.4. The summed E-state index contributed by atoms with van der Waals surface area (Å²) in [7, 11) is 0. The molecule has 0 bridgehead atoms. The van der Waals surface area contributed by atoms with Crippen LogP contribution in [0.15, 0.2) is 48.8 Å². The van der Waals surface area contributed by atoms with E-state index in [0.29, 0.717) is 6.61 Å². The molecule has 1 aliphatic heterocycles. The molecule has 1 saturated carbocycles. The van der Waals surface area contributed by atoms with Crippen LogP contribution in [0.3, 0.4) is 0 Å². The van der Waals surface area contributed by atoms with E-state index in [1.54, 1.807) is 24.5 Å². The lowest BCUT2D eigenvalue weighted by molar-refractivity contribution is -0.125. The van der Waals surface area contributed by atoms with Crippen LogP contribution in [0.25, 0.3) is 0 Å². The number of carbonyl (C=O) groups excluding carboxylic acids is 2. The number of fused-ring (bicyclic) bond motifs is 1. The van der Waals surface area contributed by atoms with Gasteiger partial charge in [0.25, 0.3) is 0 Å². The summed E-state index contributed by atoms with van der Waals surface area (Å²) in [5.41, 5.74) is 8.02. The molecular weight excluding hydrogens is 404 g/mol. The standard InChI is InChI=1S/C22H26N4O3.ClH/c23-20(22(28)26-18-13-29-19-4-2-1-3-17(18)19)14-5-7-15(8-6-14)21(27)25-16-9-11-24-12-10-16;/h1-4,9-12,14-15,18,20H,5-8,13,23H2,(H,26,28)(H,24,25,27);1H. The second-order valence-corrected chi connectivity index (χ2v) is 7.77. The Labute approximate surface area is 182 Å². The largest absolute Gasteiger partial charge is 0.491 e. The van der Waals surface area contributed by atoms with Crippen LogP contribution in [0.1, 0.15) is 37.3 Å². The topological polar surface area (TPSA) is 106 Å². The number of aromatic nitrogens is 1. The molecule has 7 nitrogen and oxygen atoms in total. The quantitative estimate of drug-likeness (QED) is 0.676. The fraction of sp³-hybridized carbons (Fsp3) is 0.409. The van der Waals surface area contributed by atoms with Gasteiger partial charge in [0.05, 0.1) is 12.1 Å². The SMILES string of the molecule is Cl.NC(C(=O)NC1COc2ccccc21)C1CCC(C(=O)Nc2ccncc2)CC1. The maximum Gasteiger partial charge on any atom is 0.237 e. The first kappa shape index (κ1) is 22.1. The highest BCUT2D eigenvalue weighted by atomic mass is 35.5. The molecule has 0 saturated heterocycles. The van der Waals surface area contributed by atoms with E-state index in [2.05, 4.69) is 15.6 Å². The van der Waals surface area contributed by atoms with Crippen molar-refractivity contribution in [1.29, 1.82) is 0 Å². The average molecular weight is 431 g/mol. The number of hydrogen-bond acceptors (Lipinski definition) is 5. The second kappa shape index (κ2) is 9.91. The second-order valence-electron chi connectivity index (χ2n) is 7.77. The molecule has 4 rings (SSSR count). The molecule has 2 atom stereocenters. The predicted octanol–water partition coefficient (Wildman–Crippen LogP) is 2.83. The van der Waals surface area contributed by atoms with Crippen molar-refractivity contribution in [3.63, 3.8) is 0 Å². The molecule has 2 aliphatic rings. The van der Waals surface area contributed by atoms with Crippen LogP contribution in [-0.4, -0.2) is 29.4 Å². The third-order valence-electron chi connectivity index (χ3n) is 5.92. The Kier molecular flexibility index (Phi) is 7.29. The van der Waals surface area contributed by atoms with Crippen LogP contribution in [0.2, 0.25) is 0 Å². The number of pyridine rings is 1. The van der Waals surface area contributed by atoms with Gasteiger partial charge in [-0.2, -0.15) is 0 Å². The van der Waals surface area contributed by atoms with Crippen molar-refractivity contribution in [2.24, 2.45) is 17.6 Å². The van der Waals surface area contributed by atoms with E-state index in [4.69, 9.17) is 10.5 Å². The van der Waals surface area contributed by atoms with Crippen LogP contribution < -0.4 is 21.1 Å². The smallest absolute Gasteiger partial charge is 0.237 e. The maximum atomic E-state index is 12.7. The van der Waals surface area contributed by atoms with Gasteiger partial charge >= 0.3 is 0 Å². The van der Waals surface area contributed by atoms with Crippen LogP contribution in [-0.2, 0) is 9.59 Å². The third-order valence-corrected chi connectivity index (χ3v) is 5.92.